The molecule has 6 heteroatoms. The van der Waals surface area contributed by atoms with Crippen LogP contribution in [-0.2, 0) is 9.59 Å². The molecule has 5 nitrogen and oxygen atoms in total. The third-order valence-corrected chi connectivity index (χ3v) is 3.09. The Morgan fingerprint density at radius 1 is 1.53 bits per heavy atom. The number of nitrogens with one attached hydrogen (secondary N) is 2. The monoisotopic (exact) mass is 257 g/mol. The summed E-state index contributed by atoms with van der Waals surface area (Å²) in [5.41, 5.74) is 0. The molecule has 0 radical (unpaired) electrons. The van der Waals surface area contributed by atoms with Crippen molar-refractivity contribution in [2.24, 2.45) is 0 Å². The minimum absolute atomic E-state index is 0.155. The van der Waals surface area contributed by atoms with Crippen LogP contribution in [0.4, 0.5) is 0 Å². The molecule has 1 fully saturated rings. The van der Waals surface area contributed by atoms with Gasteiger partial charge in [0.1, 0.15) is 12.6 Å². The molecule has 0 aromatic rings. The van der Waals surface area contributed by atoms with Gasteiger partial charge >= 0.3 is 0 Å². The van der Waals surface area contributed by atoms with Crippen LogP contribution in [0.2, 0.25) is 0 Å². The first-order valence-electron chi connectivity index (χ1n) is 5.98. The molecule has 2 N–H and O–H groups in total. The quantitative estimate of drug-likeness (QED) is 0.434. The molecule has 1 aliphatic rings. The third-order valence-electron chi connectivity index (χ3n) is 2.71. The normalized spacial score (nSPS) is 20.1. The molecule has 0 aromatic heterocycles. The number of rotatable bonds is 4. The van der Waals surface area contributed by atoms with E-state index in [1.54, 1.807) is 4.90 Å². The molecule has 0 bridgehead atoms. The lowest BCUT2D eigenvalue weighted by Crippen LogP contribution is -2.61. The lowest BCUT2D eigenvalue weighted by atomic mass is 10.1. The summed E-state index contributed by atoms with van der Waals surface area (Å²) in [6.45, 7) is 4.93. The zero-order chi connectivity index (χ0) is 12.8. The van der Waals surface area contributed by atoms with Crippen LogP contribution in [0.25, 0.3) is 0 Å². The molecule has 1 aliphatic heterocycles. The van der Waals surface area contributed by atoms with Crippen LogP contribution in [-0.4, -0.2) is 41.0 Å². The van der Waals surface area contributed by atoms with Crippen molar-refractivity contribution in [2.45, 2.75) is 39.2 Å². The molecule has 1 rings (SSSR count). The van der Waals surface area contributed by atoms with Gasteiger partial charge in [0.05, 0.1) is 0 Å². The van der Waals surface area contributed by atoms with Crippen LogP contribution in [0, 0.1) is 0 Å². The van der Waals surface area contributed by atoms with Crippen LogP contribution in [0.5, 0.6) is 0 Å². The van der Waals surface area contributed by atoms with E-state index in [9.17, 15) is 9.59 Å². The van der Waals surface area contributed by atoms with Crippen LogP contribution < -0.4 is 10.6 Å². The van der Waals surface area contributed by atoms with E-state index in [-0.39, 0.29) is 24.4 Å². The van der Waals surface area contributed by atoms with Crippen molar-refractivity contribution < 1.29 is 9.59 Å². The summed E-state index contributed by atoms with van der Waals surface area (Å²) in [5.74, 6) is -0.553. The summed E-state index contributed by atoms with van der Waals surface area (Å²) < 4.78 is 0. The molecule has 0 aliphatic carbocycles. The second kappa shape index (κ2) is 6.54. The standard InChI is InChI=1S/C11H19N3O2S/c1-3-5-6-12-11(17)14-7-9(15)13-10(16)8(14)4-2/h8H,3-7H2,1-2H3,(H,12,17)(H,13,15,16). The maximum atomic E-state index is 11.6. The highest BCUT2D eigenvalue weighted by Crippen LogP contribution is 2.09. The average molecular weight is 257 g/mol. The smallest absolute Gasteiger partial charge is 0.249 e. The second-order valence-corrected chi connectivity index (χ2v) is 4.44. The van der Waals surface area contributed by atoms with Crippen LogP contribution in [0.3, 0.4) is 0 Å². The number of carbonyl (C=O) groups is 2. The van der Waals surface area contributed by atoms with E-state index in [1.807, 2.05) is 6.92 Å². The third kappa shape index (κ3) is 3.66. The van der Waals surface area contributed by atoms with E-state index in [4.69, 9.17) is 12.2 Å². The van der Waals surface area contributed by atoms with Gasteiger partial charge < -0.3 is 10.2 Å². The van der Waals surface area contributed by atoms with Gasteiger partial charge in [-0.2, -0.15) is 0 Å². The number of unbranched alkanes of at least 4 members (excludes halogenated alkanes) is 1. The summed E-state index contributed by atoms with van der Waals surface area (Å²) in [6, 6.07) is -0.339. The zero-order valence-corrected chi connectivity index (χ0v) is 11.1. The minimum Gasteiger partial charge on any atom is -0.363 e. The first kappa shape index (κ1) is 13.9. The molecule has 2 amide bonds. The van der Waals surface area contributed by atoms with Crippen molar-refractivity contribution in [2.75, 3.05) is 13.1 Å². The number of nitrogens with zero attached hydrogens (tertiary/aromatic N) is 1. The lowest BCUT2D eigenvalue weighted by molar-refractivity contribution is -0.137. The predicted octanol–water partition coefficient (Wildman–Crippen LogP) is 0.398. The largest absolute Gasteiger partial charge is 0.363 e. The average Bonchev–Trinajstić information content (AvgIpc) is 2.28. The maximum Gasteiger partial charge on any atom is 0.249 e. The molecular weight excluding hydrogens is 238 g/mol. The van der Waals surface area contributed by atoms with E-state index < -0.39 is 0 Å². The molecular formula is C11H19N3O2S. The number of piperazine rings is 1. The molecule has 0 aromatic carbocycles. The van der Waals surface area contributed by atoms with Gasteiger partial charge in [-0.1, -0.05) is 20.3 Å². The topological polar surface area (TPSA) is 61.4 Å². The SMILES string of the molecule is CCCCNC(=S)N1CC(=O)NC(=O)C1CC. The van der Waals surface area contributed by atoms with Gasteiger partial charge in [0.25, 0.3) is 0 Å². The summed E-state index contributed by atoms with van der Waals surface area (Å²) in [5, 5.41) is 5.90. The number of hydrogen-bond donors (Lipinski definition) is 2. The number of imide groups is 1. The Balaban J connectivity index is 2.61. The zero-order valence-electron chi connectivity index (χ0n) is 10.3. The van der Waals surface area contributed by atoms with Gasteiger partial charge in [-0.15, -0.1) is 0 Å². The van der Waals surface area contributed by atoms with Gasteiger partial charge in [0.15, 0.2) is 5.11 Å². The number of thiocarbonyl (C=S) groups is 1. The Morgan fingerprint density at radius 3 is 2.82 bits per heavy atom. The molecule has 17 heavy (non-hydrogen) atoms. The van der Waals surface area contributed by atoms with Crippen molar-refractivity contribution in [3.63, 3.8) is 0 Å². The van der Waals surface area contributed by atoms with Crippen LogP contribution in [0.1, 0.15) is 33.1 Å². The van der Waals surface area contributed by atoms with Gasteiger partial charge in [0.2, 0.25) is 11.8 Å². The fourth-order valence-corrected chi connectivity index (χ4v) is 2.05. The Bertz CT molecular complexity index is 320. The highest BCUT2D eigenvalue weighted by Gasteiger charge is 2.33. The molecule has 0 saturated carbocycles. The number of carbonyl (C=O) groups excluding carboxylic acids is 2. The van der Waals surface area contributed by atoms with Gasteiger partial charge in [-0.25, -0.2) is 0 Å². The molecule has 1 atom stereocenters. The highest BCUT2D eigenvalue weighted by atomic mass is 32.1. The van der Waals surface area contributed by atoms with Crippen molar-refractivity contribution in [3.05, 3.63) is 0 Å². The van der Waals surface area contributed by atoms with E-state index in [0.717, 1.165) is 19.4 Å². The van der Waals surface area contributed by atoms with E-state index >= 15 is 0 Å². The van der Waals surface area contributed by atoms with E-state index in [1.165, 1.54) is 0 Å². The first-order valence-corrected chi connectivity index (χ1v) is 6.39. The molecule has 0 spiro atoms. The summed E-state index contributed by atoms with van der Waals surface area (Å²) in [6.07, 6.45) is 2.73. The number of hydrogen-bond acceptors (Lipinski definition) is 3. The maximum absolute atomic E-state index is 11.6. The van der Waals surface area contributed by atoms with E-state index in [2.05, 4.69) is 17.6 Å². The Hall–Kier alpha value is -1.17. The van der Waals surface area contributed by atoms with Crippen molar-refractivity contribution >= 4 is 29.1 Å². The highest BCUT2D eigenvalue weighted by molar-refractivity contribution is 7.80. The Labute approximate surface area is 107 Å². The fraction of sp³-hybridized carbons (Fsp3) is 0.727. The van der Waals surface area contributed by atoms with E-state index in [0.29, 0.717) is 11.5 Å². The lowest BCUT2D eigenvalue weighted by Gasteiger charge is -2.35. The Kier molecular flexibility index (Phi) is 5.34. The molecule has 1 saturated heterocycles. The second-order valence-electron chi connectivity index (χ2n) is 4.05. The molecule has 1 unspecified atom stereocenters. The van der Waals surface area contributed by atoms with Crippen molar-refractivity contribution in [1.82, 2.24) is 15.5 Å². The predicted molar refractivity (Wildman–Crippen MR) is 69.4 cm³/mol. The minimum atomic E-state index is -0.339. The summed E-state index contributed by atoms with van der Waals surface area (Å²) >= 11 is 5.22. The first-order chi connectivity index (χ1) is 8.10. The van der Waals surface area contributed by atoms with Crippen molar-refractivity contribution in [1.29, 1.82) is 0 Å². The molecule has 1 heterocycles. The summed E-state index contributed by atoms with van der Waals surface area (Å²) in [4.78, 5) is 24.6. The Morgan fingerprint density at radius 2 is 2.24 bits per heavy atom. The van der Waals surface area contributed by atoms with Gasteiger partial charge in [-0.05, 0) is 25.1 Å². The summed E-state index contributed by atoms with van der Waals surface area (Å²) in [7, 11) is 0. The van der Waals surface area contributed by atoms with Crippen molar-refractivity contribution in [3.8, 4) is 0 Å². The van der Waals surface area contributed by atoms with Crippen LogP contribution in [0.15, 0.2) is 0 Å². The van der Waals surface area contributed by atoms with Gasteiger partial charge in [0, 0.05) is 6.54 Å². The fourth-order valence-electron chi connectivity index (χ4n) is 1.76. The van der Waals surface area contributed by atoms with Gasteiger partial charge in [-0.3, -0.25) is 14.9 Å². The van der Waals surface area contributed by atoms with Crippen LogP contribution >= 0.6 is 12.2 Å². The number of amides is 2. The molecule has 96 valence electrons.